The normalized spacial score (nSPS) is 28.5. The van der Waals surface area contributed by atoms with Gasteiger partial charge in [0, 0.05) is 0 Å². The number of aryl methyl sites for hydroxylation is 1. The Labute approximate surface area is 113 Å². The number of rotatable bonds is 4. The third-order valence-corrected chi connectivity index (χ3v) is 5.20. The van der Waals surface area contributed by atoms with Gasteiger partial charge < -0.3 is 10.1 Å². The molecule has 0 bridgehead atoms. The van der Waals surface area contributed by atoms with E-state index in [0.717, 1.165) is 12.8 Å². The summed E-state index contributed by atoms with van der Waals surface area (Å²) in [5, 5.41) is 9.67. The number of H-pyrrole nitrogens is 1. The monoisotopic (exact) mass is 287 g/mol. The molecule has 1 aromatic rings. The van der Waals surface area contributed by atoms with Crippen LogP contribution >= 0.6 is 0 Å². The van der Waals surface area contributed by atoms with E-state index in [0.29, 0.717) is 24.6 Å². The quantitative estimate of drug-likeness (QED) is 0.768. The van der Waals surface area contributed by atoms with Gasteiger partial charge in [-0.2, -0.15) is 0 Å². The predicted octanol–water partition coefficient (Wildman–Crippen LogP) is 0.938. The van der Waals surface area contributed by atoms with Crippen LogP contribution in [0.3, 0.4) is 0 Å². The smallest absolute Gasteiger partial charge is 0.258 e. The van der Waals surface area contributed by atoms with E-state index in [1.54, 1.807) is 6.92 Å². The predicted molar refractivity (Wildman–Crippen MR) is 71.1 cm³/mol. The van der Waals surface area contributed by atoms with Crippen LogP contribution in [0.2, 0.25) is 0 Å². The maximum absolute atomic E-state index is 12.3. The van der Waals surface area contributed by atoms with Gasteiger partial charge >= 0.3 is 0 Å². The van der Waals surface area contributed by atoms with E-state index in [2.05, 4.69) is 21.6 Å². The van der Waals surface area contributed by atoms with Crippen molar-refractivity contribution in [2.45, 2.75) is 50.1 Å². The number of aromatic nitrogens is 2. The minimum absolute atomic E-state index is 0.0519. The van der Waals surface area contributed by atoms with E-state index in [1.165, 1.54) is 6.20 Å². The van der Waals surface area contributed by atoms with Gasteiger partial charge in [0.2, 0.25) is 0 Å². The summed E-state index contributed by atoms with van der Waals surface area (Å²) in [6.45, 7) is 3.60. The standard InChI is InChI=1S/C12H21N3O3S/c1-9-4-3-5-12(6-9,8-16)15-19(17,18)11-7-13-10(2)14-11/h7,9,15-16H,3-6,8H2,1-2H3,(H,13,14). The molecule has 0 aliphatic heterocycles. The van der Waals surface area contributed by atoms with Crippen molar-refractivity contribution in [1.29, 1.82) is 0 Å². The molecule has 0 aromatic carbocycles. The van der Waals surface area contributed by atoms with Gasteiger partial charge in [-0.25, -0.2) is 18.1 Å². The first-order valence-corrected chi connectivity index (χ1v) is 8.02. The highest BCUT2D eigenvalue weighted by Gasteiger charge is 2.38. The maximum atomic E-state index is 12.3. The molecule has 7 heteroatoms. The highest BCUT2D eigenvalue weighted by atomic mass is 32.2. The fourth-order valence-electron chi connectivity index (χ4n) is 2.80. The number of imidazole rings is 1. The maximum Gasteiger partial charge on any atom is 0.258 e. The van der Waals surface area contributed by atoms with Crippen molar-refractivity contribution in [1.82, 2.24) is 14.7 Å². The molecule has 0 amide bonds. The molecular formula is C12H21N3O3S. The Kier molecular flexibility index (Phi) is 3.98. The van der Waals surface area contributed by atoms with Crippen LogP contribution in [0.5, 0.6) is 0 Å². The van der Waals surface area contributed by atoms with Gasteiger partial charge in [0.1, 0.15) is 5.82 Å². The van der Waals surface area contributed by atoms with Crippen LogP contribution < -0.4 is 4.72 Å². The van der Waals surface area contributed by atoms with Crippen LogP contribution in [0, 0.1) is 12.8 Å². The van der Waals surface area contributed by atoms with E-state index < -0.39 is 15.6 Å². The van der Waals surface area contributed by atoms with Gasteiger partial charge in [0.15, 0.2) is 5.03 Å². The Bertz CT molecular complexity index is 540. The van der Waals surface area contributed by atoms with Crippen molar-refractivity contribution in [3.63, 3.8) is 0 Å². The third-order valence-electron chi connectivity index (χ3n) is 3.71. The Morgan fingerprint density at radius 2 is 2.37 bits per heavy atom. The summed E-state index contributed by atoms with van der Waals surface area (Å²) in [6.07, 6.45) is 4.63. The van der Waals surface area contributed by atoms with E-state index in [4.69, 9.17) is 0 Å². The van der Waals surface area contributed by atoms with Gasteiger partial charge in [-0.05, 0) is 25.7 Å². The lowest BCUT2D eigenvalue weighted by Gasteiger charge is -2.38. The molecule has 108 valence electrons. The molecule has 1 fully saturated rings. The third kappa shape index (κ3) is 3.16. The van der Waals surface area contributed by atoms with Crippen LogP contribution in [0.25, 0.3) is 0 Å². The zero-order valence-corrected chi connectivity index (χ0v) is 12.1. The Balaban J connectivity index is 2.22. The lowest BCUT2D eigenvalue weighted by Crippen LogP contribution is -2.53. The first kappa shape index (κ1) is 14.5. The van der Waals surface area contributed by atoms with Crippen LogP contribution in [0.4, 0.5) is 0 Å². The number of nitrogens with zero attached hydrogens (tertiary/aromatic N) is 1. The molecule has 6 nitrogen and oxygen atoms in total. The molecule has 2 atom stereocenters. The van der Waals surface area contributed by atoms with Crippen LogP contribution in [-0.2, 0) is 10.0 Å². The van der Waals surface area contributed by atoms with Crippen molar-refractivity contribution >= 4 is 10.0 Å². The zero-order valence-electron chi connectivity index (χ0n) is 11.3. The first-order valence-electron chi connectivity index (χ1n) is 6.53. The average Bonchev–Trinajstić information content (AvgIpc) is 2.76. The molecule has 19 heavy (non-hydrogen) atoms. The van der Waals surface area contributed by atoms with Crippen molar-refractivity contribution < 1.29 is 13.5 Å². The molecule has 0 radical (unpaired) electrons. The lowest BCUT2D eigenvalue weighted by molar-refractivity contribution is 0.119. The molecule has 1 saturated carbocycles. The Morgan fingerprint density at radius 1 is 1.63 bits per heavy atom. The summed E-state index contributed by atoms with van der Waals surface area (Å²) in [5.41, 5.74) is -0.741. The van der Waals surface area contributed by atoms with Crippen molar-refractivity contribution in [2.75, 3.05) is 6.61 Å². The molecule has 0 spiro atoms. The minimum Gasteiger partial charge on any atom is -0.394 e. The van der Waals surface area contributed by atoms with Crippen LogP contribution in [-0.4, -0.2) is 35.6 Å². The number of aromatic amines is 1. The van der Waals surface area contributed by atoms with Crippen LogP contribution in [0.1, 0.15) is 38.4 Å². The van der Waals surface area contributed by atoms with E-state index >= 15 is 0 Å². The van der Waals surface area contributed by atoms with Gasteiger partial charge in [-0.3, -0.25) is 0 Å². The molecule has 0 saturated heterocycles. The Hall–Kier alpha value is -0.920. The van der Waals surface area contributed by atoms with Gasteiger partial charge in [0.25, 0.3) is 10.0 Å². The second-order valence-corrected chi connectivity index (χ2v) is 7.23. The molecular weight excluding hydrogens is 266 g/mol. The first-order chi connectivity index (χ1) is 8.87. The van der Waals surface area contributed by atoms with Crippen LogP contribution in [0.15, 0.2) is 11.2 Å². The van der Waals surface area contributed by atoms with Gasteiger partial charge in [0.05, 0.1) is 18.3 Å². The molecule has 1 aromatic heterocycles. The Morgan fingerprint density at radius 3 is 2.89 bits per heavy atom. The number of hydrogen-bond donors (Lipinski definition) is 3. The molecule has 1 aliphatic carbocycles. The summed E-state index contributed by atoms with van der Waals surface area (Å²) in [6, 6.07) is 0. The summed E-state index contributed by atoms with van der Waals surface area (Å²) >= 11 is 0. The average molecular weight is 287 g/mol. The second kappa shape index (κ2) is 5.22. The van der Waals surface area contributed by atoms with E-state index in [-0.39, 0.29) is 11.6 Å². The summed E-state index contributed by atoms with van der Waals surface area (Å²) in [5.74, 6) is 0.961. The number of sulfonamides is 1. The molecule has 2 unspecified atom stereocenters. The lowest BCUT2D eigenvalue weighted by atomic mass is 9.78. The molecule has 1 heterocycles. The fraction of sp³-hybridized carbons (Fsp3) is 0.750. The number of aliphatic hydroxyl groups excluding tert-OH is 1. The number of nitrogens with one attached hydrogen (secondary N) is 2. The van der Waals surface area contributed by atoms with Crippen molar-refractivity contribution in [2.24, 2.45) is 5.92 Å². The largest absolute Gasteiger partial charge is 0.394 e. The summed E-state index contributed by atoms with van der Waals surface area (Å²) in [4.78, 5) is 6.62. The summed E-state index contributed by atoms with van der Waals surface area (Å²) in [7, 11) is -3.66. The van der Waals surface area contributed by atoms with E-state index in [9.17, 15) is 13.5 Å². The van der Waals surface area contributed by atoms with Gasteiger partial charge in [-0.1, -0.05) is 19.8 Å². The summed E-state index contributed by atoms with van der Waals surface area (Å²) < 4.78 is 27.3. The second-order valence-electron chi connectivity index (χ2n) is 5.58. The molecule has 2 rings (SSSR count). The molecule has 3 N–H and O–H groups in total. The fourth-order valence-corrected chi connectivity index (χ4v) is 4.21. The highest BCUT2D eigenvalue weighted by Crippen LogP contribution is 2.33. The van der Waals surface area contributed by atoms with Gasteiger partial charge in [-0.15, -0.1) is 0 Å². The highest BCUT2D eigenvalue weighted by molar-refractivity contribution is 7.89. The topological polar surface area (TPSA) is 95.1 Å². The molecule has 1 aliphatic rings. The SMILES string of the molecule is Cc1ncc(S(=O)(=O)NC2(CO)CCCC(C)C2)[nH]1. The zero-order chi connectivity index (χ0) is 14.1. The minimum atomic E-state index is -3.66. The van der Waals surface area contributed by atoms with Crippen molar-refractivity contribution in [3.8, 4) is 0 Å². The van der Waals surface area contributed by atoms with Crippen molar-refractivity contribution in [3.05, 3.63) is 12.0 Å². The number of hydrogen-bond acceptors (Lipinski definition) is 4. The van der Waals surface area contributed by atoms with E-state index in [1.807, 2.05) is 0 Å². The number of aliphatic hydroxyl groups is 1.